The second kappa shape index (κ2) is 6.82. The SMILES string of the molecule is Cc1cc(NC(=O)C(=O)Nc2ccc(F)c(F)c2F)ccc1Br. The number of carbonyl (C=O) groups excluding carboxylic acids is 2. The van der Waals surface area contributed by atoms with Crippen LogP contribution in [0.15, 0.2) is 34.8 Å². The number of anilines is 2. The molecule has 8 heteroatoms. The molecule has 0 saturated heterocycles. The smallest absolute Gasteiger partial charge is 0.314 e. The number of hydrogen-bond acceptors (Lipinski definition) is 2. The number of halogens is 4. The lowest BCUT2D eigenvalue weighted by Crippen LogP contribution is -2.29. The van der Waals surface area contributed by atoms with Crippen LogP contribution in [0.3, 0.4) is 0 Å². The molecule has 0 aliphatic rings. The van der Waals surface area contributed by atoms with E-state index in [4.69, 9.17) is 0 Å². The summed E-state index contributed by atoms with van der Waals surface area (Å²) in [6, 6.07) is 6.32. The van der Waals surface area contributed by atoms with E-state index in [1.54, 1.807) is 25.1 Å². The van der Waals surface area contributed by atoms with Crippen molar-refractivity contribution in [3.8, 4) is 0 Å². The standard InChI is InChI=1S/C15H10BrF3N2O2/c1-7-6-8(2-3-9(7)16)20-14(22)15(23)21-11-5-4-10(17)12(18)13(11)19/h2-6H,1H3,(H,20,22)(H,21,23). The number of amides is 2. The van der Waals surface area contributed by atoms with Crippen molar-refractivity contribution in [2.45, 2.75) is 6.92 Å². The van der Waals surface area contributed by atoms with Gasteiger partial charge in [-0.3, -0.25) is 9.59 Å². The van der Waals surface area contributed by atoms with E-state index in [1.807, 2.05) is 5.32 Å². The minimum Gasteiger partial charge on any atom is -0.318 e. The molecule has 0 saturated carbocycles. The van der Waals surface area contributed by atoms with Crippen molar-refractivity contribution in [3.05, 3.63) is 57.8 Å². The maximum absolute atomic E-state index is 13.4. The summed E-state index contributed by atoms with van der Waals surface area (Å²) in [7, 11) is 0. The minimum absolute atomic E-state index is 0.358. The Morgan fingerprint density at radius 2 is 1.61 bits per heavy atom. The summed E-state index contributed by atoms with van der Waals surface area (Å²) in [5, 5.41) is 4.20. The highest BCUT2D eigenvalue weighted by atomic mass is 79.9. The van der Waals surface area contributed by atoms with E-state index in [0.29, 0.717) is 11.8 Å². The quantitative estimate of drug-likeness (QED) is 0.609. The normalized spacial score (nSPS) is 10.3. The zero-order chi connectivity index (χ0) is 17.1. The fraction of sp³-hybridized carbons (Fsp3) is 0.0667. The van der Waals surface area contributed by atoms with E-state index in [-0.39, 0.29) is 0 Å². The van der Waals surface area contributed by atoms with Gasteiger partial charge in [-0.1, -0.05) is 15.9 Å². The average Bonchev–Trinajstić information content (AvgIpc) is 2.51. The first-order chi connectivity index (χ1) is 10.8. The van der Waals surface area contributed by atoms with Crippen LogP contribution in [0.4, 0.5) is 24.5 Å². The summed E-state index contributed by atoms with van der Waals surface area (Å²) in [6.45, 7) is 1.79. The molecule has 0 aliphatic carbocycles. The van der Waals surface area contributed by atoms with Crippen molar-refractivity contribution in [1.29, 1.82) is 0 Å². The van der Waals surface area contributed by atoms with Crippen LogP contribution < -0.4 is 10.6 Å². The van der Waals surface area contributed by atoms with Crippen LogP contribution in [-0.4, -0.2) is 11.8 Å². The summed E-state index contributed by atoms with van der Waals surface area (Å²) < 4.78 is 40.1. The lowest BCUT2D eigenvalue weighted by molar-refractivity contribution is -0.133. The molecule has 0 aliphatic heterocycles. The predicted octanol–water partition coefficient (Wildman–Crippen LogP) is 3.75. The van der Waals surface area contributed by atoms with Gasteiger partial charge in [0, 0.05) is 10.2 Å². The van der Waals surface area contributed by atoms with Gasteiger partial charge in [-0.05, 0) is 42.8 Å². The van der Waals surface area contributed by atoms with Gasteiger partial charge in [0.05, 0.1) is 5.69 Å². The highest BCUT2D eigenvalue weighted by Crippen LogP contribution is 2.21. The number of nitrogens with one attached hydrogen (secondary N) is 2. The topological polar surface area (TPSA) is 58.2 Å². The molecule has 2 amide bonds. The van der Waals surface area contributed by atoms with Crippen molar-refractivity contribution in [2.24, 2.45) is 0 Å². The molecule has 4 nitrogen and oxygen atoms in total. The van der Waals surface area contributed by atoms with Crippen LogP contribution in [0.5, 0.6) is 0 Å². The fourth-order valence-corrected chi connectivity index (χ4v) is 1.96. The highest BCUT2D eigenvalue weighted by Gasteiger charge is 2.19. The second-order valence-corrected chi connectivity index (χ2v) is 5.45. The van der Waals surface area contributed by atoms with Crippen LogP contribution in [0.2, 0.25) is 0 Å². The molecule has 0 unspecified atom stereocenters. The van der Waals surface area contributed by atoms with Crippen molar-refractivity contribution in [3.63, 3.8) is 0 Å². The maximum atomic E-state index is 13.4. The molecule has 0 bridgehead atoms. The maximum Gasteiger partial charge on any atom is 0.314 e. The molecule has 23 heavy (non-hydrogen) atoms. The van der Waals surface area contributed by atoms with Crippen LogP contribution in [0.25, 0.3) is 0 Å². The van der Waals surface area contributed by atoms with Gasteiger partial charge in [-0.15, -0.1) is 0 Å². The third-order valence-corrected chi connectivity index (χ3v) is 3.80. The Labute approximate surface area is 137 Å². The Kier molecular flexibility index (Phi) is 5.05. The summed E-state index contributed by atoms with van der Waals surface area (Å²) >= 11 is 3.29. The number of hydrogen-bond donors (Lipinski definition) is 2. The molecule has 0 fully saturated rings. The van der Waals surface area contributed by atoms with E-state index >= 15 is 0 Å². The van der Waals surface area contributed by atoms with Crippen molar-refractivity contribution in [2.75, 3.05) is 10.6 Å². The number of carbonyl (C=O) groups is 2. The van der Waals surface area contributed by atoms with Crippen LogP contribution in [0.1, 0.15) is 5.56 Å². The molecule has 0 heterocycles. The Bertz CT molecular complexity index is 797. The third kappa shape index (κ3) is 3.89. The van der Waals surface area contributed by atoms with Gasteiger partial charge in [0.25, 0.3) is 0 Å². The summed E-state index contributed by atoms with van der Waals surface area (Å²) in [5.74, 6) is -6.99. The van der Waals surface area contributed by atoms with Crippen LogP contribution >= 0.6 is 15.9 Å². The average molecular weight is 387 g/mol. The number of aryl methyl sites for hydroxylation is 1. The van der Waals surface area contributed by atoms with Crippen LogP contribution in [-0.2, 0) is 9.59 Å². The molecule has 2 aromatic rings. The number of benzene rings is 2. The van der Waals surface area contributed by atoms with E-state index in [0.717, 1.165) is 16.1 Å². The van der Waals surface area contributed by atoms with Crippen LogP contribution in [0, 0.1) is 24.4 Å². The molecule has 0 atom stereocenters. The predicted molar refractivity (Wildman–Crippen MR) is 82.5 cm³/mol. The van der Waals surface area contributed by atoms with Gasteiger partial charge in [-0.25, -0.2) is 13.2 Å². The Morgan fingerprint density at radius 3 is 2.26 bits per heavy atom. The van der Waals surface area contributed by atoms with Crippen molar-refractivity contribution < 1.29 is 22.8 Å². The van der Waals surface area contributed by atoms with Gasteiger partial charge in [0.1, 0.15) is 0 Å². The lowest BCUT2D eigenvalue weighted by atomic mass is 10.2. The Morgan fingerprint density at radius 1 is 0.957 bits per heavy atom. The Hall–Kier alpha value is -2.35. The largest absolute Gasteiger partial charge is 0.318 e. The monoisotopic (exact) mass is 386 g/mol. The zero-order valence-corrected chi connectivity index (χ0v) is 13.3. The lowest BCUT2D eigenvalue weighted by Gasteiger charge is -2.09. The molecular weight excluding hydrogens is 377 g/mol. The second-order valence-electron chi connectivity index (χ2n) is 4.60. The Balaban J connectivity index is 2.10. The van der Waals surface area contributed by atoms with E-state index < -0.39 is 35.0 Å². The third-order valence-electron chi connectivity index (χ3n) is 2.91. The van der Waals surface area contributed by atoms with E-state index in [9.17, 15) is 22.8 Å². The summed E-state index contributed by atoms with van der Waals surface area (Å²) in [6.07, 6.45) is 0. The summed E-state index contributed by atoms with van der Waals surface area (Å²) in [5.41, 5.74) is 0.558. The molecule has 0 aromatic heterocycles. The first kappa shape index (κ1) is 17.0. The summed E-state index contributed by atoms with van der Waals surface area (Å²) in [4.78, 5) is 23.5. The molecule has 2 rings (SSSR count). The van der Waals surface area contributed by atoms with E-state index in [2.05, 4.69) is 21.2 Å². The molecule has 0 radical (unpaired) electrons. The zero-order valence-electron chi connectivity index (χ0n) is 11.7. The fourth-order valence-electron chi connectivity index (χ4n) is 1.71. The van der Waals surface area contributed by atoms with Gasteiger partial charge < -0.3 is 10.6 Å². The van der Waals surface area contributed by atoms with Gasteiger partial charge in [0.2, 0.25) is 0 Å². The van der Waals surface area contributed by atoms with Crippen molar-refractivity contribution in [1.82, 2.24) is 0 Å². The van der Waals surface area contributed by atoms with Gasteiger partial charge in [-0.2, -0.15) is 0 Å². The minimum atomic E-state index is -1.73. The molecule has 2 aromatic carbocycles. The van der Waals surface area contributed by atoms with Crippen molar-refractivity contribution >= 4 is 39.1 Å². The van der Waals surface area contributed by atoms with Gasteiger partial charge >= 0.3 is 11.8 Å². The first-order valence-electron chi connectivity index (χ1n) is 6.31. The van der Waals surface area contributed by atoms with E-state index in [1.165, 1.54) is 0 Å². The molecular formula is C15H10BrF3N2O2. The number of rotatable bonds is 2. The molecule has 2 N–H and O–H groups in total. The molecule has 120 valence electrons. The molecule has 0 spiro atoms. The highest BCUT2D eigenvalue weighted by molar-refractivity contribution is 9.10. The first-order valence-corrected chi connectivity index (χ1v) is 7.11. The van der Waals surface area contributed by atoms with Gasteiger partial charge in [0.15, 0.2) is 17.5 Å².